The topological polar surface area (TPSA) is 447 Å². The van der Waals surface area contributed by atoms with Gasteiger partial charge >= 0.3 is 0 Å². The summed E-state index contributed by atoms with van der Waals surface area (Å²) in [5.41, 5.74) is 17.5. The van der Waals surface area contributed by atoms with Gasteiger partial charge in [0, 0.05) is 188 Å². The van der Waals surface area contributed by atoms with Gasteiger partial charge in [0.15, 0.2) is 46.0 Å². The summed E-state index contributed by atoms with van der Waals surface area (Å²) in [6, 6.07) is 59.0. The lowest BCUT2D eigenvalue weighted by Crippen LogP contribution is -2.42. The molecule has 3 saturated carbocycles. The van der Waals surface area contributed by atoms with Crippen molar-refractivity contribution in [3.63, 3.8) is 0 Å². The third-order valence-corrected chi connectivity index (χ3v) is 31.1. The summed E-state index contributed by atoms with van der Waals surface area (Å²) < 4.78 is 146. The number of nitrogens with two attached hydrogens (primary N) is 3. The molecule has 750 valence electrons. The number of primary sulfonamides is 1. The Morgan fingerprint density at radius 3 is 1.30 bits per heavy atom. The number of methoxy groups -OCH3 is 9. The Kier molecular flexibility index (Phi) is 28.9. The number of hydrogen-bond acceptors (Lipinski definition) is 24. The first-order valence-corrected chi connectivity index (χ1v) is 53.0. The van der Waals surface area contributed by atoms with Gasteiger partial charge in [-0.25, -0.2) is 41.8 Å². The van der Waals surface area contributed by atoms with E-state index in [1.54, 1.807) is 118 Å². The molecule has 1 amide bonds. The van der Waals surface area contributed by atoms with Gasteiger partial charge in [-0.3, -0.25) is 44.8 Å². The standard InChI is InChI=1S/C23H30N4O4S.C22H21N3O3S.C21H21N3O4S.C20H20N4O3S.C20H17N3O4/c1-30-21-11-19-20(12-22(21)31-2)25-13-16-9-10-26(23(16)19)17-5-3-15(4-6-17)14-27(18-7-8-18)32(24,28)29;1-28-18-6-9-20-21(12-18)23-13-16-10-11-25(22(16)20)14-15-2-4-17(5-3-15)24-29(26,27)19-7-8-19;1-27-19-9-17-18(10-20(19)28-2)23-11-16-7-8-24(21(16)17)12-14-3-5-15(6-4-14)13-29(22,25)26;1-26-18-8-15-16(9-19(18)27-2)22-10-17-20(15)24(12-23-17)11-13-4-6-14(7-5-13)28(3,21)25;1-26-17-9-15-16(10-18(17)27-2)21-11-13-7-8-23(19(13)15)14-5-3-12(4-6-14)20(24)22-25/h9-13,15,17-18H,3-8,14H2,1-2H3,(H2,24,28,29);2-6,9-13,19,24H,7-8,14H2,1H3;3-11H,12-13H2,1-2H3,(H2,22,25,26);4-10,12H,3,11H2,1-2H3,(H2,21,25);3-11,25H,1-2H3,(H,22,24). The molecule has 0 spiro atoms. The smallest absolute Gasteiger partial charge is 0.277 e. The molecular formula is C106H109N17O18S4. The first kappa shape index (κ1) is 99.9. The van der Waals surface area contributed by atoms with Crippen LogP contribution in [0.5, 0.6) is 51.7 Å². The number of amides is 1. The molecule has 35 nitrogen and oxygen atoms in total. The van der Waals surface area contributed by atoms with Crippen LogP contribution in [-0.2, 0) is 65.4 Å². The molecule has 39 heteroatoms. The number of nitrogens with one attached hydrogen (secondary N) is 2. The number of rotatable bonds is 28. The molecular weight excluding hydrogens is 1930 g/mol. The van der Waals surface area contributed by atoms with Crippen LogP contribution in [0.4, 0.5) is 5.69 Å². The normalized spacial score (nSPS) is 14.7. The molecule has 0 saturated heterocycles. The maximum absolute atomic E-state index is 12.1. The molecule has 0 bridgehead atoms. The molecule has 22 rings (SSSR count). The molecule has 0 aliphatic heterocycles. The second kappa shape index (κ2) is 42.0. The number of fused-ring (bicyclic) bond motifs is 15. The number of carbonyl (C=O) groups is 1. The summed E-state index contributed by atoms with van der Waals surface area (Å²) in [5, 5.41) is 33.8. The number of sulfonamides is 2. The van der Waals surface area contributed by atoms with Gasteiger partial charge in [-0.2, -0.15) is 12.7 Å². The highest BCUT2D eigenvalue weighted by molar-refractivity contribution is 7.98. The van der Waals surface area contributed by atoms with Gasteiger partial charge in [-0.15, -0.1) is 0 Å². The van der Waals surface area contributed by atoms with E-state index in [1.807, 2.05) is 186 Å². The van der Waals surface area contributed by atoms with Gasteiger partial charge < -0.3 is 65.5 Å². The van der Waals surface area contributed by atoms with E-state index < -0.39 is 45.9 Å². The van der Waals surface area contributed by atoms with Crippen LogP contribution in [0.1, 0.15) is 90.0 Å². The van der Waals surface area contributed by atoms with Crippen molar-refractivity contribution in [3.8, 4) is 57.4 Å². The van der Waals surface area contributed by atoms with Crippen molar-refractivity contribution in [2.24, 2.45) is 21.3 Å². The summed E-state index contributed by atoms with van der Waals surface area (Å²) in [6.07, 6.45) is 26.5. The van der Waals surface area contributed by atoms with Crippen molar-refractivity contribution in [2.45, 2.75) is 99.0 Å². The number of ether oxygens (including phenoxy) is 9. The third-order valence-electron chi connectivity index (χ3n) is 26.3. The maximum Gasteiger partial charge on any atom is 0.277 e. The monoisotopic (exact) mass is 2040 g/mol. The number of anilines is 1. The Balaban J connectivity index is 0.000000119. The molecule has 3 aliphatic rings. The van der Waals surface area contributed by atoms with Crippen LogP contribution in [0.25, 0.3) is 115 Å². The fourth-order valence-electron chi connectivity index (χ4n) is 18.7. The quantitative estimate of drug-likeness (QED) is 0.0151. The minimum absolute atomic E-state index is 0.113. The number of aromatic nitrogens is 11. The first-order chi connectivity index (χ1) is 69.8. The van der Waals surface area contributed by atoms with Crippen LogP contribution in [0, 0.1) is 5.92 Å². The van der Waals surface area contributed by atoms with Crippen LogP contribution in [-0.4, -0.2) is 185 Å². The van der Waals surface area contributed by atoms with Gasteiger partial charge in [0.2, 0.25) is 20.0 Å². The second-order valence-electron chi connectivity index (χ2n) is 35.7. The number of hydroxylamine groups is 1. The lowest BCUT2D eigenvalue weighted by atomic mass is 9.85. The van der Waals surface area contributed by atoms with Gasteiger partial charge in [0.25, 0.3) is 16.1 Å². The van der Waals surface area contributed by atoms with Crippen LogP contribution >= 0.6 is 0 Å². The Hall–Kier alpha value is -15.2. The van der Waals surface area contributed by atoms with Crippen molar-refractivity contribution < 1.29 is 82.1 Å². The maximum atomic E-state index is 12.1. The van der Waals surface area contributed by atoms with E-state index in [9.17, 15) is 34.3 Å². The van der Waals surface area contributed by atoms with Gasteiger partial charge in [0.1, 0.15) is 11.3 Å². The minimum Gasteiger partial charge on any atom is -0.497 e. The molecule has 3 fully saturated rings. The third kappa shape index (κ3) is 21.9. The molecule has 0 radical (unpaired) electrons. The lowest BCUT2D eigenvalue weighted by molar-refractivity contribution is 0.0706. The van der Waals surface area contributed by atoms with Crippen LogP contribution in [0.3, 0.4) is 0 Å². The van der Waals surface area contributed by atoms with Crippen LogP contribution < -0.4 is 68.3 Å². The Bertz CT molecular complexity index is 8590. The highest BCUT2D eigenvalue weighted by Crippen LogP contribution is 2.44. The van der Waals surface area contributed by atoms with Crippen LogP contribution in [0.2, 0.25) is 0 Å². The summed E-state index contributed by atoms with van der Waals surface area (Å²) in [6.45, 7) is 2.45. The number of nitrogens with zero attached hydrogens (tertiary/aromatic N) is 12. The van der Waals surface area contributed by atoms with Crippen molar-refractivity contribution in [3.05, 3.63) is 278 Å². The fourth-order valence-corrected chi connectivity index (χ4v) is 22.4. The highest BCUT2D eigenvalue weighted by Gasteiger charge is 2.39. The number of hydrogen-bond donors (Lipinski definition) is 6. The summed E-state index contributed by atoms with van der Waals surface area (Å²) in [5.74, 6) is 9.08. The molecule has 1 atom stereocenters. The molecule has 3 aliphatic carbocycles. The van der Waals surface area contributed by atoms with E-state index in [0.717, 1.165) is 189 Å². The zero-order valence-corrected chi connectivity index (χ0v) is 84.3. The van der Waals surface area contributed by atoms with E-state index in [0.29, 0.717) is 106 Å². The minimum atomic E-state index is -3.62. The number of carbonyl (C=O) groups excluding carboxylic acids is 1. The predicted octanol–water partition coefficient (Wildman–Crippen LogP) is 16.7. The molecule has 145 heavy (non-hydrogen) atoms. The van der Waals surface area contributed by atoms with Gasteiger partial charge in [-0.05, 0) is 195 Å². The van der Waals surface area contributed by atoms with Gasteiger partial charge in [0.05, 0.1) is 152 Å². The van der Waals surface area contributed by atoms with Gasteiger partial charge in [-0.1, -0.05) is 48.5 Å². The summed E-state index contributed by atoms with van der Waals surface area (Å²) in [7, 11) is 1.42. The molecule has 19 aromatic rings. The van der Waals surface area contributed by atoms with Crippen molar-refractivity contribution in [2.75, 3.05) is 75.3 Å². The summed E-state index contributed by atoms with van der Waals surface area (Å²) >= 11 is 0. The molecule has 1 unspecified atom stereocenters. The predicted molar refractivity (Wildman–Crippen MR) is 564 cm³/mol. The molecule has 10 aromatic heterocycles. The SMILES string of the molecule is C=S(N)(=O)c1ccc(Cn2cnc3cnc4cc(OC)c(OC)cc4c32)cc1.COc1cc2ncc3ccn(-c4ccc(C(=O)NO)cc4)c3c2cc1OC.COc1cc2ncc3ccn(C4CCC(CN(C5CC5)S(N)(=O)=O)CC4)c3c2cc1OC.COc1cc2ncc3ccn(Cc4ccc(CS(N)(=O)=O)cc4)c3c2cc1OC.COc1ccc2c(c1)ncc1ccn(Cc3ccc(NS(=O)(=O)C4CC4)cc3)c12. The van der Waals surface area contributed by atoms with Crippen molar-refractivity contribution in [1.82, 2.24) is 62.5 Å². The number of benzene rings is 9. The van der Waals surface area contributed by atoms with Crippen molar-refractivity contribution >= 4 is 167 Å². The average molecular weight is 2040 g/mol. The van der Waals surface area contributed by atoms with E-state index in [2.05, 4.69) is 78.7 Å². The zero-order valence-electron chi connectivity index (χ0n) is 81.0. The van der Waals surface area contributed by atoms with E-state index in [4.69, 9.17) is 63.3 Å². The van der Waals surface area contributed by atoms with E-state index >= 15 is 0 Å². The molecule has 9 aromatic carbocycles. The van der Waals surface area contributed by atoms with E-state index in [-0.39, 0.29) is 17.0 Å². The Labute approximate surface area is 836 Å². The van der Waals surface area contributed by atoms with Crippen LogP contribution in [0.15, 0.2) is 255 Å². The fraction of sp³-hybridized carbons (Fsp3) is 0.245. The summed E-state index contributed by atoms with van der Waals surface area (Å²) in [4.78, 5) is 39.2. The highest BCUT2D eigenvalue weighted by atomic mass is 32.2. The Morgan fingerprint density at radius 1 is 0.414 bits per heavy atom. The first-order valence-electron chi connectivity index (χ1n) is 46.4. The Morgan fingerprint density at radius 2 is 0.834 bits per heavy atom. The van der Waals surface area contributed by atoms with Crippen molar-refractivity contribution in [1.29, 1.82) is 0 Å². The average Bonchev–Trinajstić information content (AvgIpc) is 1.67. The zero-order chi connectivity index (χ0) is 102. The molecule has 10 heterocycles. The second-order valence-corrected chi connectivity index (χ2v) is 42.7. The van der Waals surface area contributed by atoms with E-state index in [1.165, 1.54) is 4.31 Å². The largest absolute Gasteiger partial charge is 0.497 e. The number of imidazole rings is 1. The molecule has 9 N–H and O–H groups in total. The number of pyridine rings is 5. The lowest BCUT2D eigenvalue weighted by Gasteiger charge is -2.33.